The van der Waals surface area contributed by atoms with Crippen LogP contribution in [0.3, 0.4) is 0 Å². The molecule has 0 saturated heterocycles. The van der Waals surface area contributed by atoms with Gasteiger partial charge in [-0.2, -0.15) is 13.2 Å². The first-order chi connectivity index (χ1) is 9.62. The molecule has 0 radical (unpaired) electrons. The molecule has 1 rings (SSSR count). The standard InChI is InChI=1S/C13H16F3N3OS/c1-7(2)10(11(17)21)19-12(20)18-9-6-4-3-5-8(9)13(14,15)16/h3-7,10H,1-2H3,(H2,17,21)(H2,18,19,20). The maximum Gasteiger partial charge on any atom is 0.418 e. The van der Waals surface area contributed by atoms with E-state index in [0.29, 0.717) is 0 Å². The lowest BCUT2D eigenvalue weighted by Crippen LogP contribution is -2.48. The number of hydrogen-bond acceptors (Lipinski definition) is 2. The zero-order chi connectivity index (χ0) is 16.2. The average molecular weight is 319 g/mol. The molecule has 1 atom stereocenters. The summed E-state index contributed by atoms with van der Waals surface area (Å²) in [7, 11) is 0. The molecule has 0 aromatic heterocycles. The number of carbonyl (C=O) groups is 1. The van der Waals surface area contributed by atoms with E-state index < -0.39 is 23.8 Å². The lowest BCUT2D eigenvalue weighted by molar-refractivity contribution is -0.136. The highest BCUT2D eigenvalue weighted by Gasteiger charge is 2.33. The molecule has 8 heteroatoms. The van der Waals surface area contributed by atoms with Gasteiger partial charge >= 0.3 is 12.2 Å². The molecule has 4 nitrogen and oxygen atoms in total. The van der Waals surface area contributed by atoms with Crippen LogP contribution < -0.4 is 16.4 Å². The Balaban J connectivity index is 2.87. The number of hydrogen-bond donors (Lipinski definition) is 3. The van der Waals surface area contributed by atoms with Gasteiger partial charge in [-0.3, -0.25) is 0 Å². The lowest BCUT2D eigenvalue weighted by Gasteiger charge is -2.22. The van der Waals surface area contributed by atoms with E-state index in [4.69, 9.17) is 18.0 Å². The van der Waals surface area contributed by atoms with Gasteiger partial charge in [-0.1, -0.05) is 38.2 Å². The van der Waals surface area contributed by atoms with Gasteiger partial charge in [0, 0.05) is 0 Å². The zero-order valence-electron chi connectivity index (χ0n) is 11.5. The Kier molecular flexibility index (Phi) is 5.54. The van der Waals surface area contributed by atoms with E-state index in [9.17, 15) is 18.0 Å². The molecule has 0 aliphatic carbocycles. The Hall–Kier alpha value is -1.83. The van der Waals surface area contributed by atoms with Gasteiger partial charge in [-0.25, -0.2) is 4.79 Å². The number of nitrogens with two attached hydrogens (primary N) is 1. The van der Waals surface area contributed by atoms with Crippen LogP contribution in [-0.4, -0.2) is 17.1 Å². The van der Waals surface area contributed by atoms with Gasteiger partial charge in [0.05, 0.1) is 22.3 Å². The number of carbonyl (C=O) groups excluding carboxylic acids is 1. The minimum atomic E-state index is -4.55. The van der Waals surface area contributed by atoms with E-state index >= 15 is 0 Å². The number of amides is 2. The third kappa shape index (κ3) is 4.89. The van der Waals surface area contributed by atoms with Crippen LogP contribution in [0.25, 0.3) is 0 Å². The second-order valence-electron chi connectivity index (χ2n) is 4.77. The van der Waals surface area contributed by atoms with Crippen molar-refractivity contribution in [1.82, 2.24) is 5.32 Å². The average Bonchev–Trinajstić information content (AvgIpc) is 2.34. The number of thiocarbonyl (C=S) groups is 1. The van der Waals surface area contributed by atoms with Gasteiger partial charge in [0.15, 0.2) is 0 Å². The van der Waals surface area contributed by atoms with Crippen molar-refractivity contribution in [2.45, 2.75) is 26.1 Å². The molecule has 1 unspecified atom stereocenters. The summed E-state index contributed by atoms with van der Waals surface area (Å²) in [6.45, 7) is 3.57. The third-order valence-corrected chi connectivity index (χ3v) is 2.99. The molecular weight excluding hydrogens is 303 g/mol. The molecule has 0 spiro atoms. The molecule has 4 N–H and O–H groups in total. The monoisotopic (exact) mass is 319 g/mol. The Morgan fingerprint density at radius 1 is 1.29 bits per heavy atom. The van der Waals surface area contributed by atoms with Crippen molar-refractivity contribution in [2.24, 2.45) is 11.7 Å². The van der Waals surface area contributed by atoms with Gasteiger partial charge in [-0.15, -0.1) is 0 Å². The van der Waals surface area contributed by atoms with E-state index in [0.717, 1.165) is 6.07 Å². The van der Waals surface area contributed by atoms with Crippen LogP contribution in [0, 0.1) is 5.92 Å². The van der Waals surface area contributed by atoms with Crippen LogP contribution in [0.2, 0.25) is 0 Å². The summed E-state index contributed by atoms with van der Waals surface area (Å²) in [5.41, 5.74) is 4.24. The second kappa shape index (κ2) is 6.75. The summed E-state index contributed by atoms with van der Waals surface area (Å²) in [6.07, 6.45) is -4.55. The molecule has 0 aliphatic rings. The number of alkyl halides is 3. The highest BCUT2D eigenvalue weighted by atomic mass is 32.1. The van der Waals surface area contributed by atoms with Gasteiger partial charge < -0.3 is 16.4 Å². The third-order valence-electron chi connectivity index (χ3n) is 2.74. The van der Waals surface area contributed by atoms with E-state index in [1.807, 2.05) is 0 Å². The largest absolute Gasteiger partial charge is 0.418 e. The van der Waals surface area contributed by atoms with E-state index in [-0.39, 0.29) is 16.6 Å². The van der Waals surface area contributed by atoms with E-state index in [2.05, 4.69) is 10.6 Å². The van der Waals surface area contributed by atoms with Crippen LogP contribution in [0.1, 0.15) is 19.4 Å². The van der Waals surface area contributed by atoms with E-state index in [1.165, 1.54) is 18.2 Å². The summed E-state index contributed by atoms with van der Waals surface area (Å²) < 4.78 is 38.4. The first-order valence-corrected chi connectivity index (χ1v) is 6.56. The maximum atomic E-state index is 12.8. The number of anilines is 1. The van der Waals surface area contributed by atoms with Crippen LogP contribution in [-0.2, 0) is 6.18 Å². The minimum Gasteiger partial charge on any atom is -0.392 e. The van der Waals surface area contributed by atoms with Crippen molar-refractivity contribution in [3.05, 3.63) is 29.8 Å². The molecule has 0 saturated carbocycles. The zero-order valence-corrected chi connectivity index (χ0v) is 12.3. The molecule has 0 bridgehead atoms. The molecule has 0 heterocycles. The number of urea groups is 1. The van der Waals surface area contributed by atoms with Crippen molar-refractivity contribution in [1.29, 1.82) is 0 Å². The van der Waals surface area contributed by atoms with Gasteiger partial charge in [0.2, 0.25) is 0 Å². The fraction of sp³-hybridized carbons (Fsp3) is 0.385. The number of nitrogens with one attached hydrogen (secondary N) is 2. The van der Waals surface area contributed by atoms with Gasteiger partial charge in [0.1, 0.15) is 0 Å². The molecular formula is C13H16F3N3OS. The van der Waals surface area contributed by atoms with Crippen molar-refractivity contribution < 1.29 is 18.0 Å². The quantitative estimate of drug-likeness (QED) is 0.747. The topological polar surface area (TPSA) is 67.2 Å². The van der Waals surface area contributed by atoms with Gasteiger partial charge in [-0.05, 0) is 18.1 Å². The molecule has 116 valence electrons. The predicted molar refractivity (Wildman–Crippen MR) is 79.0 cm³/mol. The molecule has 1 aromatic carbocycles. The van der Waals surface area contributed by atoms with Crippen LogP contribution in [0.15, 0.2) is 24.3 Å². The normalized spacial score (nSPS) is 12.9. The highest BCUT2D eigenvalue weighted by molar-refractivity contribution is 7.80. The molecule has 0 aliphatic heterocycles. The number of benzene rings is 1. The fourth-order valence-corrected chi connectivity index (χ4v) is 2.04. The maximum absolute atomic E-state index is 12.8. The second-order valence-corrected chi connectivity index (χ2v) is 5.24. The van der Waals surface area contributed by atoms with Crippen molar-refractivity contribution in [3.63, 3.8) is 0 Å². The first kappa shape index (κ1) is 17.2. The number of rotatable bonds is 4. The summed E-state index contributed by atoms with van der Waals surface area (Å²) in [5, 5.41) is 4.63. The Bertz CT molecular complexity index is 532. The summed E-state index contributed by atoms with van der Waals surface area (Å²) in [4.78, 5) is 11.9. The lowest BCUT2D eigenvalue weighted by atomic mass is 10.1. The smallest absolute Gasteiger partial charge is 0.392 e. The van der Waals surface area contributed by atoms with Crippen LogP contribution in [0.4, 0.5) is 23.7 Å². The molecule has 0 fully saturated rings. The van der Waals surface area contributed by atoms with Crippen molar-refractivity contribution in [3.8, 4) is 0 Å². The summed E-state index contributed by atoms with van der Waals surface area (Å²) in [5.74, 6) is -0.0777. The molecule has 1 aromatic rings. The Morgan fingerprint density at radius 2 is 1.86 bits per heavy atom. The first-order valence-electron chi connectivity index (χ1n) is 6.16. The minimum absolute atomic E-state index is 0.0734. The number of para-hydroxylation sites is 1. The fourth-order valence-electron chi connectivity index (χ4n) is 1.71. The summed E-state index contributed by atoms with van der Waals surface area (Å²) in [6, 6.07) is 3.32. The number of halogens is 3. The Morgan fingerprint density at radius 3 is 2.33 bits per heavy atom. The van der Waals surface area contributed by atoms with Gasteiger partial charge in [0.25, 0.3) is 0 Å². The van der Waals surface area contributed by atoms with Crippen LogP contribution >= 0.6 is 12.2 Å². The highest BCUT2D eigenvalue weighted by Crippen LogP contribution is 2.34. The molecule has 21 heavy (non-hydrogen) atoms. The summed E-state index contributed by atoms with van der Waals surface area (Å²) >= 11 is 4.82. The predicted octanol–water partition coefficient (Wildman–Crippen LogP) is 3.14. The Labute approximate surface area is 125 Å². The molecule has 2 amide bonds. The van der Waals surface area contributed by atoms with E-state index in [1.54, 1.807) is 13.8 Å². The van der Waals surface area contributed by atoms with Crippen molar-refractivity contribution >= 4 is 28.9 Å². The SMILES string of the molecule is CC(C)C(NC(=O)Nc1ccccc1C(F)(F)F)C(N)=S. The van der Waals surface area contributed by atoms with Crippen LogP contribution in [0.5, 0.6) is 0 Å². The van der Waals surface area contributed by atoms with Crippen molar-refractivity contribution in [2.75, 3.05) is 5.32 Å².